The fraction of sp³-hybridized carbons (Fsp3) is 0.333. The van der Waals surface area contributed by atoms with Crippen LogP contribution in [0.2, 0.25) is 5.02 Å². The maximum Gasteiger partial charge on any atom is 0.240 e. The average Bonchev–Trinajstić information content (AvgIpc) is 2.52. The van der Waals surface area contributed by atoms with E-state index in [2.05, 4.69) is 20.0 Å². The Kier molecular flexibility index (Phi) is 5.92. The normalized spacial score (nSPS) is 11.7. The maximum absolute atomic E-state index is 12.1. The van der Waals surface area contributed by atoms with E-state index in [1.165, 1.54) is 18.5 Å². The molecular formula is C15H19ClN4O2S. The van der Waals surface area contributed by atoms with Gasteiger partial charge in [0.05, 0.1) is 4.90 Å². The number of benzene rings is 1. The van der Waals surface area contributed by atoms with E-state index in [9.17, 15) is 8.42 Å². The van der Waals surface area contributed by atoms with Crippen molar-refractivity contribution in [1.29, 1.82) is 0 Å². The summed E-state index contributed by atoms with van der Waals surface area (Å²) in [4.78, 5) is 8.48. The minimum Gasteiger partial charge on any atom is -0.369 e. The summed E-state index contributed by atoms with van der Waals surface area (Å²) in [5.41, 5.74) is 0.934. The summed E-state index contributed by atoms with van der Waals surface area (Å²) in [6.07, 6.45) is 1.50. The van der Waals surface area contributed by atoms with Gasteiger partial charge in [0.2, 0.25) is 10.0 Å². The molecule has 2 aromatic rings. The predicted molar refractivity (Wildman–Crippen MR) is 91.3 cm³/mol. The van der Waals surface area contributed by atoms with Crippen LogP contribution in [0.4, 0.5) is 5.82 Å². The zero-order valence-electron chi connectivity index (χ0n) is 13.0. The monoisotopic (exact) mass is 354 g/mol. The van der Waals surface area contributed by atoms with Crippen molar-refractivity contribution in [2.24, 2.45) is 0 Å². The van der Waals surface area contributed by atoms with Crippen LogP contribution in [0.25, 0.3) is 0 Å². The van der Waals surface area contributed by atoms with Gasteiger partial charge in [0.15, 0.2) is 0 Å². The SMILES string of the molecule is CC(C)c1cc(NCCNS(=O)(=O)c2ccc(Cl)cc2)ncn1. The van der Waals surface area contributed by atoms with Gasteiger partial charge in [-0.1, -0.05) is 25.4 Å². The first-order chi connectivity index (χ1) is 10.9. The molecule has 8 heteroatoms. The number of nitrogens with one attached hydrogen (secondary N) is 2. The Balaban J connectivity index is 1.87. The third-order valence-electron chi connectivity index (χ3n) is 3.13. The van der Waals surface area contributed by atoms with Gasteiger partial charge >= 0.3 is 0 Å². The third-order valence-corrected chi connectivity index (χ3v) is 4.86. The summed E-state index contributed by atoms with van der Waals surface area (Å²) in [6, 6.07) is 7.89. The molecule has 6 nitrogen and oxygen atoms in total. The van der Waals surface area contributed by atoms with Gasteiger partial charge in [-0.2, -0.15) is 0 Å². The number of hydrogen-bond donors (Lipinski definition) is 2. The first kappa shape index (κ1) is 17.7. The van der Waals surface area contributed by atoms with Gasteiger partial charge in [0.1, 0.15) is 12.1 Å². The van der Waals surface area contributed by atoms with Crippen LogP contribution in [0.3, 0.4) is 0 Å². The van der Waals surface area contributed by atoms with Crippen molar-refractivity contribution >= 4 is 27.4 Å². The molecule has 0 atom stereocenters. The number of rotatable bonds is 7. The van der Waals surface area contributed by atoms with Gasteiger partial charge < -0.3 is 5.32 Å². The molecule has 1 heterocycles. The summed E-state index contributed by atoms with van der Waals surface area (Å²) < 4.78 is 26.7. The van der Waals surface area contributed by atoms with E-state index in [1.807, 2.05) is 19.9 Å². The fourth-order valence-corrected chi connectivity index (χ4v) is 3.02. The third kappa shape index (κ3) is 5.16. The van der Waals surface area contributed by atoms with Gasteiger partial charge in [0, 0.05) is 29.9 Å². The minimum atomic E-state index is -3.53. The number of nitrogens with zero attached hydrogens (tertiary/aromatic N) is 2. The summed E-state index contributed by atoms with van der Waals surface area (Å²) >= 11 is 5.75. The highest BCUT2D eigenvalue weighted by Crippen LogP contribution is 2.14. The first-order valence-corrected chi connectivity index (χ1v) is 9.05. The molecule has 0 amide bonds. The molecule has 0 aliphatic heterocycles. The Bertz CT molecular complexity index is 748. The van der Waals surface area contributed by atoms with Crippen molar-refractivity contribution in [2.45, 2.75) is 24.7 Å². The lowest BCUT2D eigenvalue weighted by atomic mass is 10.1. The van der Waals surface area contributed by atoms with E-state index >= 15 is 0 Å². The van der Waals surface area contributed by atoms with Crippen LogP contribution in [0.15, 0.2) is 41.6 Å². The van der Waals surface area contributed by atoms with Crippen LogP contribution in [-0.4, -0.2) is 31.5 Å². The highest BCUT2D eigenvalue weighted by Gasteiger charge is 2.12. The Hall–Kier alpha value is -1.70. The Morgan fingerprint density at radius 2 is 1.83 bits per heavy atom. The number of sulfonamides is 1. The molecule has 0 fully saturated rings. The van der Waals surface area contributed by atoms with E-state index in [1.54, 1.807) is 12.1 Å². The van der Waals surface area contributed by atoms with Crippen LogP contribution in [0.1, 0.15) is 25.5 Å². The summed E-state index contributed by atoms with van der Waals surface area (Å²) in [5, 5.41) is 3.57. The van der Waals surface area contributed by atoms with Gasteiger partial charge in [-0.05, 0) is 30.2 Å². The smallest absolute Gasteiger partial charge is 0.240 e. The van der Waals surface area contributed by atoms with Crippen LogP contribution in [0, 0.1) is 0 Å². The number of hydrogen-bond acceptors (Lipinski definition) is 5. The minimum absolute atomic E-state index is 0.186. The standard InChI is InChI=1S/C15H19ClN4O2S/c1-11(2)14-9-15(19-10-18-14)17-7-8-20-23(21,22)13-5-3-12(16)4-6-13/h3-6,9-11,20H,7-8H2,1-2H3,(H,17,18,19). The molecule has 0 saturated carbocycles. The fourth-order valence-electron chi connectivity index (χ4n) is 1.86. The number of aromatic nitrogens is 2. The molecular weight excluding hydrogens is 336 g/mol. The molecule has 0 unspecified atom stereocenters. The number of anilines is 1. The second-order valence-electron chi connectivity index (χ2n) is 5.26. The largest absolute Gasteiger partial charge is 0.369 e. The van der Waals surface area contributed by atoms with Gasteiger partial charge in [-0.3, -0.25) is 0 Å². The van der Waals surface area contributed by atoms with Gasteiger partial charge in [0.25, 0.3) is 0 Å². The van der Waals surface area contributed by atoms with E-state index in [-0.39, 0.29) is 11.4 Å². The lowest BCUT2D eigenvalue weighted by Crippen LogP contribution is -2.29. The Morgan fingerprint density at radius 3 is 2.48 bits per heavy atom. The molecule has 124 valence electrons. The van der Waals surface area contributed by atoms with Crippen molar-refractivity contribution in [1.82, 2.24) is 14.7 Å². The van der Waals surface area contributed by atoms with E-state index in [4.69, 9.17) is 11.6 Å². The van der Waals surface area contributed by atoms with E-state index in [0.29, 0.717) is 23.3 Å². The highest BCUT2D eigenvalue weighted by atomic mass is 35.5. The van der Waals surface area contributed by atoms with Crippen molar-refractivity contribution in [3.05, 3.63) is 47.4 Å². The van der Waals surface area contributed by atoms with Crippen molar-refractivity contribution < 1.29 is 8.42 Å². The van der Waals surface area contributed by atoms with Crippen molar-refractivity contribution in [3.63, 3.8) is 0 Å². The summed E-state index contributed by atoms with van der Waals surface area (Å²) in [7, 11) is -3.53. The molecule has 1 aromatic heterocycles. The van der Waals surface area contributed by atoms with Crippen LogP contribution >= 0.6 is 11.6 Å². The van der Waals surface area contributed by atoms with Crippen LogP contribution in [-0.2, 0) is 10.0 Å². The Labute approximate surface area is 141 Å². The lowest BCUT2D eigenvalue weighted by molar-refractivity contribution is 0.583. The average molecular weight is 355 g/mol. The molecule has 0 bridgehead atoms. The topological polar surface area (TPSA) is 84.0 Å². The molecule has 23 heavy (non-hydrogen) atoms. The molecule has 0 aliphatic carbocycles. The first-order valence-electron chi connectivity index (χ1n) is 7.19. The quantitative estimate of drug-likeness (QED) is 0.747. The second-order valence-corrected chi connectivity index (χ2v) is 7.46. The zero-order valence-corrected chi connectivity index (χ0v) is 14.5. The summed E-state index contributed by atoms with van der Waals surface area (Å²) in [6.45, 7) is 4.76. The highest BCUT2D eigenvalue weighted by molar-refractivity contribution is 7.89. The Morgan fingerprint density at radius 1 is 1.13 bits per heavy atom. The zero-order chi connectivity index (χ0) is 16.9. The van der Waals surface area contributed by atoms with Crippen molar-refractivity contribution in [2.75, 3.05) is 18.4 Å². The molecule has 0 radical (unpaired) electrons. The maximum atomic E-state index is 12.1. The van der Waals surface area contributed by atoms with Crippen molar-refractivity contribution in [3.8, 4) is 0 Å². The molecule has 0 saturated heterocycles. The molecule has 0 spiro atoms. The van der Waals surface area contributed by atoms with Gasteiger partial charge in [-0.15, -0.1) is 0 Å². The molecule has 2 N–H and O–H groups in total. The molecule has 2 rings (SSSR count). The predicted octanol–water partition coefficient (Wildman–Crippen LogP) is 2.64. The molecule has 1 aromatic carbocycles. The number of halogens is 1. The van der Waals surface area contributed by atoms with Crippen LogP contribution < -0.4 is 10.0 Å². The van der Waals surface area contributed by atoms with E-state index < -0.39 is 10.0 Å². The lowest BCUT2D eigenvalue weighted by Gasteiger charge is -2.10. The second kappa shape index (κ2) is 7.72. The molecule has 0 aliphatic rings. The van der Waals surface area contributed by atoms with Gasteiger partial charge in [-0.25, -0.2) is 23.1 Å². The summed E-state index contributed by atoms with van der Waals surface area (Å²) in [5.74, 6) is 0.983. The van der Waals surface area contributed by atoms with E-state index in [0.717, 1.165) is 5.69 Å². The van der Waals surface area contributed by atoms with Crippen LogP contribution in [0.5, 0.6) is 0 Å².